The normalized spacial score (nSPS) is 39.3. The molecular weight excluding hydrogens is 583 g/mol. The van der Waals surface area contributed by atoms with Gasteiger partial charge in [0, 0.05) is 11.3 Å². The molecule has 1 aromatic heterocycles. The van der Waals surface area contributed by atoms with Crippen LogP contribution in [-0.4, -0.2) is 41.9 Å². The van der Waals surface area contributed by atoms with Gasteiger partial charge in [0.2, 0.25) is 0 Å². The average Bonchev–Trinajstić information content (AvgIpc) is 3.13. The summed E-state index contributed by atoms with van der Waals surface area (Å²) in [6, 6.07) is 7.78. The highest BCUT2D eigenvalue weighted by Crippen LogP contribution is 2.69. The van der Waals surface area contributed by atoms with Crippen molar-refractivity contribution in [3.8, 4) is 0 Å². The molecule has 7 atom stereocenters. The van der Waals surface area contributed by atoms with E-state index in [1.165, 1.54) is 17.3 Å². The SMILES string of the molecule is CC12C=CC(=O)C=C1CCC1C2[C@@H](O)CC2(C)C1CC[C@]2(I)C(=O)CSc1cnc2ccccc2n1. The molecule has 0 amide bonds. The number of rotatable bonds is 4. The summed E-state index contributed by atoms with van der Waals surface area (Å²) in [5.74, 6) is 1.49. The molecule has 5 unspecified atom stereocenters. The summed E-state index contributed by atoms with van der Waals surface area (Å²) < 4.78 is -0.506. The molecule has 1 N–H and O–H groups in total. The van der Waals surface area contributed by atoms with Gasteiger partial charge in [-0.05, 0) is 73.6 Å². The van der Waals surface area contributed by atoms with Gasteiger partial charge in [-0.15, -0.1) is 0 Å². The Morgan fingerprint density at radius 2 is 2.00 bits per heavy atom. The van der Waals surface area contributed by atoms with Gasteiger partial charge in [0.1, 0.15) is 5.03 Å². The van der Waals surface area contributed by atoms with Gasteiger partial charge in [-0.1, -0.05) is 72.0 Å². The standard InChI is InChI=1S/C29H31IN2O3S/c1-27-11-9-18(33)13-17(27)7-8-19-20-10-12-29(30,28(20,2)14-23(34)26(19)27)24(35)16-36-25-15-31-21-5-3-4-6-22(21)32-25/h3-6,9,11,13,15,19-20,23,26,34H,7-8,10,12,14,16H2,1-2H3/t19?,20?,23-,26?,27?,28?,29-/m0/s1. The van der Waals surface area contributed by atoms with Crippen LogP contribution in [0.4, 0.5) is 0 Å². The zero-order chi connectivity index (χ0) is 25.3. The van der Waals surface area contributed by atoms with Crippen LogP contribution < -0.4 is 0 Å². The van der Waals surface area contributed by atoms with E-state index in [1.54, 1.807) is 18.3 Å². The minimum Gasteiger partial charge on any atom is -0.393 e. The van der Waals surface area contributed by atoms with Crippen molar-refractivity contribution in [2.75, 3.05) is 5.75 Å². The molecule has 1 aromatic carbocycles. The second-order valence-electron chi connectivity index (χ2n) is 11.5. The molecular formula is C29H31IN2O3S. The number of nitrogens with zero attached hydrogens (tertiary/aromatic N) is 2. The van der Waals surface area contributed by atoms with Crippen LogP contribution >= 0.6 is 34.4 Å². The van der Waals surface area contributed by atoms with Gasteiger partial charge in [-0.3, -0.25) is 14.6 Å². The number of ketones is 2. The van der Waals surface area contributed by atoms with Crippen LogP contribution in [0.15, 0.2) is 59.3 Å². The molecule has 4 aliphatic carbocycles. The fourth-order valence-corrected chi connectivity index (χ4v) is 10.2. The van der Waals surface area contributed by atoms with E-state index in [-0.39, 0.29) is 28.3 Å². The summed E-state index contributed by atoms with van der Waals surface area (Å²) >= 11 is 3.90. The second kappa shape index (κ2) is 8.73. The van der Waals surface area contributed by atoms with Crippen molar-refractivity contribution in [3.05, 3.63) is 54.3 Å². The molecule has 36 heavy (non-hydrogen) atoms. The van der Waals surface area contributed by atoms with E-state index in [2.05, 4.69) is 46.4 Å². The van der Waals surface area contributed by atoms with Gasteiger partial charge in [-0.25, -0.2) is 4.98 Å². The van der Waals surface area contributed by atoms with Gasteiger partial charge >= 0.3 is 0 Å². The third-order valence-electron chi connectivity index (χ3n) is 9.81. The molecule has 188 valence electrons. The molecule has 5 nitrogen and oxygen atoms in total. The highest BCUT2D eigenvalue weighted by atomic mass is 127. The number of allylic oxidation sites excluding steroid dienone is 4. The van der Waals surface area contributed by atoms with Crippen LogP contribution in [0.25, 0.3) is 11.0 Å². The van der Waals surface area contributed by atoms with Crippen molar-refractivity contribution in [1.82, 2.24) is 9.97 Å². The number of para-hydroxylation sites is 2. The van der Waals surface area contributed by atoms with E-state index >= 15 is 0 Å². The van der Waals surface area contributed by atoms with E-state index < -0.39 is 9.53 Å². The Kier molecular flexibility index (Phi) is 6.00. The van der Waals surface area contributed by atoms with Crippen molar-refractivity contribution in [2.24, 2.45) is 28.6 Å². The Hall–Kier alpha value is -1.58. The number of fused-ring (bicyclic) bond motifs is 6. The number of carbonyl (C=O) groups is 2. The lowest BCUT2D eigenvalue weighted by atomic mass is 9.46. The summed E-state index contributed by atoms with van der Waals surface area (Å²) in [6.45, 7) is 4.45. The minimum absolute atomic E-state index is 0.0578. The predicted molar refractivity (Wildman–Crippen MR) is 150 cm³/mol. The van der Waals surface area contributed by atoms with Crippen molar-refractivity contribution in [3.63, 3.8) is 0 Å². The molecule has 4 aliphatic rings. The first-order valence-corrected chi connectivity index (χ1v) is 14.9. The Balaban J connectivity index is 1.24. The van der Waals surface area contributed by atoms with Crippen LogP contribution in [-0.2, 0) is 9.59 Å². The Morgan fingerprint density at radius 1 is 1.22 bits per heavy atom. The maximum atomic E-state index is 13.8. The topological polar surface area (TPSA) is 80.1 Å². The second-order valence-corrected chi connectivity index (χ2v) is 14.3. The van der Waals surface area contributed by atoms with Crippen molar-refractivity contribution in [2.45, 2.75) is 60.5 Å². The van der Waals surface area contributed by atoms with Gasteiger partial charge in [0.25, 0.3) is 0 Å². The quantitative estimate of drug-likeness (QED) is 0.269. The molecule has 3 fully saturated rings. The highest BCUT2D eigenvalue weighted by molar-refractivity contribution is 14.1. The maximum Gasteiger partial charge on any atom is 0.178 e. The minimum atomic E-state index is -0.506. The number of alkyl halides is 1. The van der Waals surface area contributed by atoms with E-state index in [0.717, 1.165) is 41.7 Å². The summed E-state index contributed by atoms with van der Waals surface area (Å²) in [4.78, 5) is 35.1. The highest BCUT2D eigenvalue weighted by Gasteiger charge is 2.67. The molecule has 3 saturated carbocycles. The molecule has 0 spiro atoms. The summed E-state index contributed by atoms with van der Waals surface area (Å²) in [6.07, 6.45) is 11.1. The Bertz CT molecular complexity index is 1330. The lowest BCUT2D eigenvalue weighted by Gasteiger charge is -2.59. The molecule has 7 heteroatoms. The smallest absolute Gasteiger partial charge is 0.178 e. The predicted octanol–water partition coefficient (Wildman–Crippen LogP) is 5.74. The van der Waals surface area contributed by atoms with Gasteiger partial charge in [0.15, 0.2) is 11.6 Å². The summed E-state index contributed by atoms with van der Waals surface area (Å²) in [7, 11) is 0. The molecule has 0 saturated heterocycles. The van der Waals surface area contributed by atoms with Gasteiger partial charge in [0.05, 0.1) is 32.5 Å². The number of benzene rings is 1. The third kappa shape index (κ3) is 3.59. The molecule has 0 aliphatic heterocycles. The largest absolute Gasteiger partial charge is 0.393 e. The number of halogens is 1. The van der Waals surface area contributed by atoms with E-state index in [0.29, 0.717) is 24.0 Å². The maximum absolute atomic E-state index is 13.8. The van der Waals surface area contributed by atoms with Crippen LogP contribution in [0.1, 0.15) is 46.0 Å². The lowest BCUT2D eigenvalue weighted by molar-refractivity contribution is -0.131. The first-order chi connectivity index (χ1) is 17.2. The molecule has 6 rings (SSSR count). The summed E-state index contributed by atoms with van der Waals surface area (Å²) in [5, 5.41) is 12.4. The lowest BCUT2D eigenvalue weighted by Crippen LogP contribution is -2.59. The van der Waals surface area contributed by atoms with E-state index in [9.17, 15) is 14.7 Å². The average molecular weight is 615 g/mol. The summed E-state index contributed by atoms with van der Waals surface area (Å²) in [5.41, 5.74) is 2.33. The van der Waals surface area contributed by atoms with Crippen molar-refractivity contribution in [1.29, 1.82) is 0 Å². The van der Waals surface area contributed by atoms with Crippen LogP contribution in [0.2, 0.25) is 0 Å². The number of aliphatic hydroxyl groups is 1. The van der Waals surface area contributed by atoms with E-state index in [4.69, 9.17) is 0 Å². The number of Topliss-reactive ketones (excluding diaryl/α,β-unsaturated/α-hetero) is 1. The molecule has 0 radical (unpaired) electrons. The number of hydrogen-bond acceptors (Lipinski definition) is 6. The van der Waals surface area contributed by atoms with Gasteiger partial charge in [-0.2, -0.15) is 0 Å². The first kappa shape index (κ1) is 24.7. The van der Waals surface area contributed by atoms with Gasteiger partial charge < -0.3 is 5.11 Å². The zero-order valence-electron chi connectivity index (χ0n) is 20.6. The van der Waals surface area contributed by atoms with Crippen molar-refractivity contribution >= 4 is 57.0 Å². The number of carbonyl (C=O) groups excluding carboxylic acids is 2. The molecule has 1 heterocycles. The van der Waals surface area contributed by atoms with Crippen LogP contribution in [0.3, 0.4) is 0 Å². The van der Waals surface area contributed by atoms with Crippen molar-refractivity contribution < 1.29 is 14.7 Å². The fourth-order valence-electron chi connectivity index (χ4n) is 8.02. The fraction of sp³-hybridized carbons (Fsp3) is 0.517. The Morgan fingerprint density at radius 3 is 2.81 bits per heavy atom. The zero-order valence-corrected chi connectivity index (χ0v) is 23.6. The molecule has 2 aromatic rings. The number of aliphatic hydroxyl groups excluding tert-OH is 1. The number of thioether (sulfide) groups is 1. The van der Waals surface area contributed by atoms with Crippen LogP contribution in [0.5, 0.6) is 0 Å². The molecule has 0 bridgehead atoms. The Labute approximate surface area is 229 Å². The third-order valence-corrected chi connectivity index (χ3v) is 13.1. The monoisotopic (exact) mass is 614 g/mol. The number of aromatic nitrogens is 2. The number of hydrogen-bond donors (Lipinski definition) is 1. The van der Waals surface area contributed by atoms with E-state index in [1.807, 2.05) is 30.3 Å². The van der Waals surface area contributed by atoms with Crippen LogP contribution in [0, 0.1) is 28.6 Å². The first-order valence-electron chi connectivity index (χ1n) is 12.8.